The Morgan fingerprint density at radius 3 is 2.86 bits per heavy atom. The number of halogens is 1. The van der Waals surface area contributed by atoms with Gasteiger partial charge in [0.2, 0.25) is 0 Å². The second-order valence-corrected chi connectivity index (χ2v) is 5.52. The molecular weight excluding hydrogens is 397 g/mol. The Hall–Kier alpha value is -0.870. The number of aliphatic imine (C=N–C) groups is 1. The second-order valence-electron chi connectivity index (χ2n) is 5.52. The number of aromatic nitrogens is 2. The summed E-state index contributed by atoms with van der Waals surface area (Å²) in [6.45, 7) is 4.55. The van der Waals surface area contributed by atoms with E-state index in [9.17, 15) is 0 Å². The van der Waals surface area contributed by atoms with Crippen molar-refractivity contribution in [2.45, 2.75) is 12.5 Å². The highest BCUT2D eigenvalue weighted by atomic mass is 127. The van der Waals surface area contributed by atoms with Gasteiger partial charge >= 0.3 is 0 Å². The van der Waals surface area contributed by atoms with Gasteiger partial charge in [0.05, 0.1) is 18.9 Å². The largest absolute Gasteiger partial charge is 0.378 e. The van der Waals surface area contributed by atoms with E-state index in [1.807, 2.05) is 17.8 Å². The number of hydrogen-bond acceptors (Lipinski definition) is 4. The Labute approximate surface area is 147 Å². The standard InChI is InChI=1S/C14H23N5O2.HI/c1-18-12(2-4-17-18)13-11(3-7-21-13)10-16-14(15)19-5-8-20-9-6-19;/h2,4,11,13H,3,5-10H2,1H3,(H2,15,16);1H/t11-,13+;/m0./s1. The zero-order valence-electron chi connectivity index (χ0n) is 12.9. The number of hydrogen-bond donors (Lipinski definition) is 1. The van der Waals surface area contributed by atoms with Crippen LogP contribution in [0.2, 0.25) is 0 Å². The summed E-state index contributed by atoms with van der Waals surface area (Å²) < 4.78 is 13.1. The van der Waals surface area contributed by atoms with Crippen molar-refractivity contribution < 1.29 is 9.47 Å². The molecule has 2 atom stereocenters. The Morgan fingerprint density at radius 1 is 1.41 bits per heavy atom. The first-order valence-corrected chi connectivity index (χ1v) is 7.48. The van der Waals surface area contributed by atoms with Crippen LogP contribution in [0.1, 0.15) is 18.2 Å². The number of guanidine groups is 1. The van der Waals surface area contributed by atoms with Gasteiger partial charge in [0.15, 0.2) is 5.96 Å². The van der Waals surface area contributed by atoms with Crippen molar-refractivity contribution in [3.8, 4) is 0 Å². The molecule has 0 saturated carbocycles. The number of ether oxygens (including phenoxy) is 2. The van der Waals surface area contributed by atoms with E-state index in [4.69, 9.17) is 15.2 Å². The summed E-state index contributed by atoms with van der Waals surface area (Å²) >= 11 is 0. The van der Waals surface area contributed by atoms with Gasteiger partial charge < -0.3 is 20.1 Å². The first-order chi connectivity index (χ1) is 10.3. The molecule has 0 unspecified atom stereocenters. The normalized spacial score (nSPS) is 26.0. The number of nitrogens with two attached hydrogens (primary N) is 1. The Kier molecular flexibility index (Phi) is 6.45. The molecule has 2 aliphatic heterocycles. The predicted molar refractivity (Wildman–Crippen MR) is 94.3 cm³/mol. The van der Waals surface area contributed by atoms with Crippen molar-refractivity contribution in [2.75, 3.05) is 39.5 Å². The molecule has 22 heavy (non-hydrogen) atoms. The molecule has 0 aromatic carbocycles. The maximum atomic E-state index is 6.08. The van der Waals surface area contributed by atoms with E-state index in [0.29, 0.717) is 18.4 Å². The molecule has 0 radical (unpaired) electrons. The first-order valence-electron chi connectivity index (χ1n) is 7.48. The Morgan fingerprint density at radius 2 is 2.18 bits per heavy atom. The van der Waals surface area contributed by atoms with E-state index in [1.165, 1.54) is 0 Å². The van der Waals surface area contributed by atoms with E-state index in [1.54, 1.807) is 6.20 Å². The lowest BCUT2D eigenvalue weighted by atomic mass is 9.99. The molecule has 8 heteroatoms. The SMILES string of the molecule is Cn1nccc1[C@@H]1OCC[C@H]1CN=C(N)N1CCOCC1.I. The molecule has 2 fully saturated rings. The average molecular weight is 421 g/mol. The van der Waals surface area contributed by atoms with Crippen LogP contribution in [0, 0.1) is 5.92 Å². The van der Waals surface area contributed by atoms with Gasteiger partial charge in [0.1, 0.15) is 6.10 Å². The van der Waals surface area contributed by atoms with E-state index in [0.717, 1.165) is 45.0 Å². The van der Waals surface area contributed by atoms with Gasteiger partial charge in [0.25, 0.3) is 0 Å². The lowest BCUT2D eigenvalue weighted by Gasteiger charge is -2.28. The first kappa shape index (κ1) is 17.5. The van der Waals surface area contributed by atoms with Crippen molar-refractivity contribution in [1.29, 1.82) is 0 Å². The lowest BCUT2D eigenvalue weighted by Crippen LogP contribution is -2.45. The summed E-state index contributed by atoms with van der Waals surface area (Å²) in [5, 5.41) is 4.22. The van der Waals surface area contributed by atoms with Crippen LogP contribution >= 0.6 is 24.0 Å². The van der Waals surface area contributed by atoms with Crippen molar-refractivity contribution in [3.63, 3.8) is 0 Å². The Bertz CT molecular complexity index is 501. The zero-order chi connectivity index (χ0) is 14.7. The molecular formula is C14H24IN5O2. The number of rotatable bonds is 3. The summed E-state index contributed by atoms with van der Waals surface area (Å²) in [4.78, 5) is 6.66. The molecule has 124 valence electrons. The van der Waals surface area contributed by atoms with Crippen LogP contribution in [-0.2, 0) is 16.5 Å². The molecule has 1 aromatic heterocycles. The van der Waals surface area contributed by atoms with E-state index in [-0.39, 0.29) is 30.1 Å². The van der Waals surface area contributed by atoms with Gasteiger partial charge in [-0.15, -0.1) is 24.0 Å². The molecule has 2 saturated heterocycles. The topological polar surface area (TPSA) is 77.9 Å². The van der Waals surface area contributed by atoms with Crippen LogP contribution in [0.4, 0.5) is 0 Å². The fourth-order valence-electron chi connectivity index (χ4n) is 2.91. The third-order valence-electron chi connectivity index (χ3n) is 4.19. The van der Waals surface area contributed by atoms with Gasteiger partial charge in [-0.05, 0) is 12.5 Å². The van der Waals surface area contributed by atoms with E-state index < -0.39 is 0 Å². The van der Waals surface area contributed by atoms with Gasteiger partial charge in [-0.3, -0.25) is 9.67 Å². The summed E-state index contributed by atoms with van der Waals surface area (Å²) in [6.07, 6.45) is 2.88. The molecule has 3 rings (SSSR count). The molecule has 1 aromatic rings. The van der Waals surface area contributed by atoms with Gasteiger partial charge in [0, 0.05) is 45.4 Å². The average Bonchev–Trinajstić information content (AvgIpc) is 3.13. The van der Waals surface area contributed by atoms with E-state index >= 15 is 0 Å². The maximum absolute atomic E-state index is 6.08. The number of nitrogens with zero attached hydrogens (tertiary/aromatic N) is 4. The van der Waals surface area contributed by atoms with Crippen molar-refractivity contribution >= 4 is 29.9 Å². The highest BCUT2D eigenvalue weighted by molar-refractivity contribution is 14.0. The quantitative estimate of drug-likeness (QED) is 0.443. The monoisotopic (exact) mass is 421 g/mol. The predicted octanol–water partition coefficient (Wildman–Crippen LogP) is 0.763. The van der Waals surface area contributed by atoms with Gasteiger partial charge in [-0.2, -0.15) is 5.10 Å². The minimum atomic E-state index is 0. The fraction of sp³-hybridized carbons (Fsp3) is 0.714. The number of aryl methyl sites for hydroxylation is 1. The van der Waals surface area contributed by atoms with Crippen LogP contribution in [0.15, 0.2) is 17.3 Å². The highest BCUT2D eigenvalue weighted by Crippen LogP contribution is 2.34. The third-order valence-corrected chi connectivity index (χ3v) is 4.19. The lowest BCUT2D eigenvalue weighted by molar-refractivity contribution is 0.0671. The fourth-order valence-corrected chi connectivity index (χ4v) is 2.91. The molecule has 7 nitrogen and oxygen atoms in total. The minimum Gasteiger partial charge on any atom is -0.378 e. The third kappa shape index (κ3) is 3.90. The molecule has 2 N–H and O–H groups in total. The van der Waals surface area contributed by atoms with E-state index in [2.05, 4.69) is 15.0 Å². The zero-order valence-corrected chi connectivity index (χ0v) is 15.2. The Balaban J connectivity index is 0.00000176. The molecule has 3 heterocycles. The molecule has 0 amide bonds. The maximum Gasteiger partial charge on any atom is 0.191 e. The van der Waals surface area contributed by atoms with Crippen LogP contribution in [0.25, 0.3) is 0 Å². The van der Waals surface area contributed by atoms with Crippen LogP contribution < -0.4 is 5.73 Å². The van der Waals surface area contributed by atoms with Gasteiger partial charge in [-0.25, -0.2) is 0 Å². The second kappa shape index (κ2) is 8.11. The van der Waals surface area contributed by atoms with Crippen LogP contribution in [0.3, 0.4) is 0 Å². The summed E-state index contributed by atoms with van der Waals surface area (Å²) in [5.74, 6) is 0.981. The molecule has 2 aliphatic rings. The van der Waals surface area contributed by atoms with Gasteiger partial charge in [-0.1, -0.05) is 0 Å². The summed E-state index contributed by atoms with van der Waals surface area (Å²) in [6, 6.07) is 2.01. The van der Waals surface area contributed by atoms with Crippen molar-refractivity contribution in [3.05, 3.63) is 18.0 Å². The van der Waals surface area contributed by atoms with Crippen LogP contribution in [-0.4, -0.2) is 60.1 Å². The summed E-state index contributed by atoms with van der Waals surface area (Å²) in [7, 11) is 1.94. The molecule has 0 aliphatic carbocycles. The minimum absolute atomic E-state index is 0. The smallest absolute Gasteiger partial charge is 0.191 e. The van der Waals surface area contributed by atoms with Crippen molar-refractivity contribution in [2.24, 2.45) is 23.7 Å². The molecule has 0 spiro atoms. The van der Waals surface area contributed by atoms with Crippen LogP contribution in [0.5, 0.6) is 0 Å². The summed E-state index contributed by atoms with van der Waals surface area (Å²) in [5.41, 5.74) is 7.19. The molecule has 0 bridgehead atoms. The number of morpholine rings is 1. The van der Waals surface area contributed by atoms with Crippen molar-refractivity contribution in [1.82, 2.24) is 14.7 Å². The highest BCUT2D eigenvalue weighted by Gasteiger charge is 2.31.